The monoisotopic (exact) mass is 375 g/mol. The van der Waals surface area contributed by atoms with Crippen LogP contribution in [0, 0.1) is 5.92 Å². The number of hydrogen-bond donors (Lipinski definition) is 3. The smallest absolute Gasteiger partial charge is 0.0985 e. The van der Waals surface area contributed by atoms with E-state index in [1.165, 1.54) is 21.9 Å². The molecule has 0 amide bonds. The third-order valence-electron chi connectivity index (χ3n) is 4.89. The van der Waals surface area contributed by atoms with Crippen LogP contribution in [-0.2, 0) is 0 Å². The Morgan fingerprint density at radius 2 is 2.12 bits per heavy atom. The van der Waals surface area contributed by atoms with Crippen molar-refractivity contribution in [1.29, 1.82) is 0 Å². The number of aliphatic hydroxyl groups excluding tert-OH is 1. The predicted octanol–water partition coefficient (Wildman–Crippen LogP) is 3.20. The molecule has 6 heteroatoms. The quantitative estimate of drug-likeness (QED) is 0.737. The van der Waals surface area contributed by atoms with Gasteiger partial charge in [-0.15, -0.1) is 0 Å². The second-order valence-corrected chi connectivity index (χ2v) is 8.28. The minimum Gasteiger partial charge on any atom is -0.396 e. The first-order chi connectivity index (χ1) is 12.2. The average Bonchev–Trinajstić information content (AvgIpc) is 3.35. The fraction of sp³-hybridized carbons (Fsp3) is 0.368. The first-order valence-corrected chi connectivity index (χ1v) is 9.78. The lowest BCUT2D eigenvalue weighted by Crippen LogP contribution is -2.23. The SMILES string of the molecule is CN1CNC(c2ccc([C@H]3C[C@@H]3CO)cc2)=C1SC1C=CC(Cl)=CN1. The Labute approximate surface area is 157 Å². The summed E-state index contributed by atoms with van der Waals surface area (Å²) in [5.74, 6) is 0.991. The van der Waals surface area contributed by atoms with E-state index in [2.05, 4.69) is 52.9 Å². The first kappa shape index (κ1) is 16.9. The molecule has 132 valence electrons. The number of benzene rings is 1. The Morgan fingerprint density at radius 3 is 2.76 bits per heavy atom. The van der Waals surface area contributed by atoms with Crippen molar-refractivity contribution in [1.82, 2.24) is 15.5 Å². The number of rotatable bonds is 5. The van der Waals surface area contributed by atoms with Crippen LogP contribution in [-0.4, -0.2) is 35.7 Å². The van der Waals surface area contributed by atoms with E-state index in [0.29, 0.717) is 18.4 Å². The number of dihydropyridines is 1. The molecule has 1 aromatic rings. The lowest BCUT2D eigenvalue weighted by Gasteiger charge is -2.21. The zero-order chi connectivity index (χ0) is 17.4. The Bertz CT molecular complexity index is 744. The molecule has 2 aliphatic heterocycles. The van der Waals surface area contributed by atoms with Crippen LogP contribution in [0.15, 0.2) is 52.7 Å². The molecule has 0 radical (unpaired) electrons. The number of nitrogens with zero attached hydrogens (tertiary/aromatic N) is 1. The van der Waals surface area contributed by atoms with E-state index in [-0.39, 0.29) is 5.37 Å². The van der Waals surface area contributed by atoms with E-state index in [0.717, 1.165) is 18.1 Å². The summed E-state index contributed by atoms with van der Waals surface area (Å²) < 4.78 is 0. The van der Waals surface area contributed by atoms with E-state index in [4.69, 9.17) is 11.6 Å². The summed E-state index contributed by atoms with van der Waals surface area (Å²) in [6.45, 7) is 1.10. The molecule has 0 saturated heterocycles. The van der Waals surface area contributed by atoms with Crippen LogP contribution in [0.4, 0.5) is 0 Å². The van der Waals surface area contributed by atoms with Crippen molar-refractivity contribution < 1.29 is 5.11 Å². The second kappa shape index (κ2) is 6.98. The molecular weight excluding hydrogens is 354 g/mol. The van der Waals surface area contributed by atoms with Gasteiger partial charge in [0.2, 0.25) is 0 Å². The minimum absolute atomic E-state index is 0.172. The molecule has 1 unspecified atom stereocenters. The Kier molecular flexibility index (Phi) is 4.71. The predicted molar refractivity (Wildman–Crippen MR) is 105 cm³/mol. The van der Waals surface area contributed by atoms with Crippen LogP contribution >= 0.6 is 23.4 Å². The molecule has 3 atom stereocenters. The highest BCUT2D eigenvalue weighted by Gasteiger charge is 2.37. The van der Waals surface area contributed by atoms with Crippen molar-refractivity contribution in [3.63, 3.8) is 0 Å². The molecule has 1 aromatic carbocycles. The molecule has 3 aliphatic rings. The zero-order valence-corrected chi connectivity index (χ0v) is 15.6. The van der Waals surface area contributed by atoms with E-state index in [1.54, 1.807) is 11.8 Å². The summed E-state index contributed by atoms with van der Waals surface area (Å²) in [7, 11) is 2.10. The lowest BCUT2D eigenvalue weighted by atomic mass is 10.1. The van der Waals surface area contributed by atoms with Crippen molar-refractivity contribution >= 4 is 29.1 Å². The fourth-order valence-electron chi connectivity index (χ4n) is 3.30. The molecule has 0 aromatic heterocycles. The second-order valence-electron chi connectivity index (χ2n) is 6.71. The van der Waals surface area contributed by atoms with E-state index >= 15 is 0 Å². The van der Waals surface area contributed by atoms with Gasteiger partial charge in [-0.1, -0.05) is 53.7 Å². The van der Waals surface area contributed by atoms with Crippen LogP contribution in [0.1, 0.15) is 23.5 Å². The summed E-state index contributed by atoms with van der Waals surface area (Å²) in [6.07, 6.45) is 6.95. The largest absolute Gasteiger partial charge is 0.396 e. The summed E-state index contributed by atoms with van der Waals surface area (Å²) >= 11 is 7.75. The highest BCUT2D eigenvalue weighted by molar-refractivity contribution is 8.03. The standard InChI is InChI=1S/C19H22ClN3OS/c1-23-11-22-18(19(23)25-17-7-6-15(20)9-21-17)13-4-2-12(3-5-13)16-8-14(16)10-24/h2-7,9,14,16-17,21-22,24H,8,10-11H2,1H3/t14-,16-,17?/m1/s1. The van der Waals surface area contributed by atoms with Crippen molar-refractivity contribution in [2.24, 2.45) is 5.92 Å². The molecule has 0 bridgehead atoms. The van der Waals surface area contributed by atoms with Crippen LogP contribution in [0.25, 0.3) is 5.70 Å². The van der Waals surface area contributed by atoms with Crippen molar-refractivity contribution in [3.8, 4) is 0 Å². The van der Waals surface area contributed by atoms with Gasteiger partial charge in [0.15, 0.2) is 0 Å². The maximum Gasteiger partial charge on any atom is 0.0985 e. The molecule has 4 rings (SSSR count). The minimum atomic E-state index is 0.172. The summed E-state index contributed by atoms with van der Waals surface area (Å²) in [5.41, 5.74) is 3.70. The molecular formula is C19H22ClN3OS. The van der Waals surface area contributed by atoms with Crippen molar-refractivity contribution in [3.05, 3.63) is 63.8 Å². The molecule has 1 saturated carbocycles. The van der Waals surface area contributed by atoms with E-state index < -0.39 is 0 Å². The summed E-state index contributed by atoms with van der Waals surface area (Å²) in [4.78, 5) is 2.23. The summed E-state index contributed by atoms with van der Waals surface area (Å²) in [6, 6.07) is 8.77. The Morgan fingerprint density at radius 1 is 1.32 bits per heavy atom. The highest BCUT2D eigenvalue weighted by atomic mass is 35.5. The molecule has 1 aliphatic carbocycles. The third kappa shape index (κ3) is 3.54. The van der Waals surface area contributed by atoms with Gasteiger partial charge in [0, 0.05) is 25.4 Å². The van der Waals surface area contributed by atoms with Gasteiger partial charge >= 0.3 is 0 Å². The Balaban J connectivity index is 1.52. The van der Waals surface area contributed by atoms with Gasteiger partial charge in [-0.05, 0) is 29.9 Å². The van der Waals surface area contributed by atoms with E-state index in [1.807, 2.05) is 12.3 Å². The molecule has 3 N–H and O–H groups in total. The van der Waals surface area contributed by atoms with Gasteiger partial charge in [0.05, 0.1) is 27.8 Å². The normalized spacial score (nSPS) is 27.9. The van der Waals surface area contributed by atoms with Gasteiger partial charge in [-0.3, -0.25) is 0 Å². The number of hydrogen-bond acceptors (Lipinski definition) is 5. The number of aliphatic hydroxyl groups is 1. The first-order valence-electron chi connectivity index (χ1n) is 8.53. The van der Waals surface area contributed by atoms with Gasteiger partial charge in [-0.2, -0.15) is 0 Å². The van der Waals surface area contributed by atoms with Crippen LogP contribution in [0.2, 0.25) is 0 Å². The number of thioether (sulfide) groups is 1. The zero-order valence-electron chi connectivity index (χ0n) is 14.1. The number of allylic oxidation sites excluding steroid dienone is 2. The molecule has 25 heavy (non-hydrogen) atoms. The lowest BCUT2D eigenvalue weighted by molar-refractivity contribution is 0.274. The topological polar surface area (TPSA) is 47.5 Å². The number of nitrogens with one attached hydrogen (secondary N) is 2. The van der Waals surface area contributed by atoms with Crippen molar-refractivity contribution in [2.45, 2.75) is 17.7 Å². The molecule has 0 spiro atoms. The Hall–Kier alpha value is -1.56. The van der Waals surface area contributed by atoms with E-state index in [9.17, 15) is 5.11 Å². The summed E-state index contributed by atoms with van der Waals surface area (Å²) in [5, 5.41) is 18.2. The van der Waals surface area contributed by atoms with Crippen LogP contribution in [0.5, 0.6) is 0 Å². The van der Waals surface area contributed by atoms with Gasteiger partial charge in [0.1, 0.15) is 0 Å². The van der Waals surface area contributed by atoms with Crippen molar-refractivity contribution in [2.75, 3.05) is 20.3 Å². The molecule has 2 heterocycles. The van der Waals surface area contributed by atoms with Gasteiger partial charge in [-0.25, -0.2) is 0 Å². The van der Waals surface area contributed by atoms with Gasteiger partial charge in [0.25, 0.3) is 0 Å². The van der Waals surface area contributed by atoms with Crippen LogP contribution < -0.4 is 10.6 Å². The number of halogens is 1. The maximum atomic E-state index is 9.25. The van der Waals surface area contributed by atoms with Crippen LogP contribution in [0.3, 0.4) is 0 Å². The maximum absolute atomic E-state index is 9.25. The average molecular weight is 376 g/mol. The molecule has 1 fully saturated rings. The fourth-order valence-corrected chi connectivity index (χ4v) is 4.53. The van der Waals surface area contributed by atoms with Gasteiger partial charge < -0.3 is 20.6 Å². The third-order valence-corrected chi connectivity index (χ3v) is 6.41. The molecule has 4 nitrogen and oxygen atoms in total. The highest BCUT2D eigenvalue weighted by Crippen LogP contribution is 2.47.